The van der Waals surface area contributed by atoms with Crippen molar-refractivity contribution < 1.29 is 14.7 Å². The van der Waals surface area contributed by atoms with Crippen LogP contribution in [-0.4, -0.2) is 37.3 Å². The molecule has 2 heterocycles. The van der Waals surface area contributed by atoms with Crippen LogP contribution >= 0.6 is 0 Å². The van der Waals surface area contributed by atoms with E-state index >= 15 is 0 Å². The van der Waals surface area contributed by atoms with E-state index in [-0.39, 0.29) is 11.6 Å². The summed E-state index contributed by atoms with van der Waals surface area (Å²) >= 11 is 0. The second-order valence-electron chi connectivity index (χ2n) is 6.34. The number of carbonyl (C=O) groups excluding carboxylic acids is 1. The molecule has 0 aliphatic heterocycles. The number of carboxylic acid groups (broad SMARTS) is 1. The number of carbonyl (C=O) groups is 2. The lowest BCUT2D eigenvalue weighted by atomic mass is 9.74. The molecule has 7 heteroatoms. The molecule has 1 aliphatic rings. The van der Waals surface area contributed by atoms with Crippen LogP contribution in [0, 0.1) is 5.92 Å². The van der Waals surface area contributed by atoms with Gasteiger partial charge in [-0.2, -0.15) is 5.10 Å². The lowest BCUT2D eigenvalue weighted by Crippen LogP contribution is -2.55. The predicted molar refractivity (Wildman–Crippen MR) is 86.8 cm³/mol. The van der Waals surface area contributed by atoms with Crippen molar-refractivity contribution in [2.24, 2.45) is 5.92 Å². The Bertz CT molecular complexity index is 744. The van der Waals surface area contributed by atoms with Gasteiger partial charge in [0, 0.05) is 12.4 Å². The highest BCUT2D eigenvalue weighted by atomic mass is 16.4. The minimum atomic E-state index is -0.865. The van der Waals surface area contributed by atoms with Gasteiger partial charge in [-0.3, -0.25) is 9.59 Å². The van der Waals surface area contributed by atoms with Gasteiger partial charge in [0.2, 0.25) is 0 Å². The van der Waals surface area contributed by atoms with Gasteiger partial charge in [0.25, 0.3) is 5.91 Å². The Hall–Kier alpha value is -2.70. The normalized spacial score (nSPS) is 23.6. The smallest absolute Gasteiger partial charge is 0.308 e. The topological polar surface area (TPSA) is 97.1 Å². The number of aromatic nitrogens is 3. The number of pyridine rings is 1. The van der Waals surface area contributed by atoms with Crippen molar-refractivity contribution in [2.75, 3.05) is 0 Å². The molecule has 0 saturated heterocycles. The summed E-state index contributed by atoms with van der Waals surface area (Å²) in [5, 5.41) is 16.4. The molecule has 2 aromatic rings. The molecule has 2 atom stereocenters. The van der Waals surface area contributed by atoms with Crippen molar-refractivity contribution in [3.63, 3.8) is 0 Å². The predicted octanol–water partition coefficient (Wildman–Crippen LogP) is 2.03. The molecule has 2 unspecified atom stereocenters. The van der Waals surface area contributed by atoms with Gasteiger partial charge in [0.05, 0.1) is 11.5 Å². The highest BCUT2D eigenvalue weighted by molar-refractivity contribution is 5.93. The van der Waals surface area contributed by atoms with Crippen LogP contribution in [0.2, 0.25) is 0 Å². The molecule has 0 aromatic carbocycles. The molecule has 0 spiro atoms. The molecule has 24 heavy (non-hydrogen) atoms. The minimum Gasteiger partial charge on any atom is -0.481 e. The van der Waals surface area contributed by atoms with Crippen molar-refractivity contribution in [3.05, 3.63) is 42.4 Å². The van der Waals surface area contributed by atoms with Gasteiger partial charge in [0.1, 0.15) is 5.69 Å². The minimum absolute atomic E-state index is 0.249. The molecule has 126 valence electrons. The van der Waals surface area contributed by atoms with Crippen molar-refractivity contribution in [2.45, 2.75) is 38.1 Å². The van der Waals surface area contributed by atoms with E-state index in [2.05, 4.69) is 15.4 Å². The van der Waals surface area contributed by atoms with Crippen molar-refractivity contribution >= 4 is 11.9 Å². The molecule has 1 amide bonds. The van der Waals surface area contributed by atoms with Crippen molar-refractivity contribution in [1.82, 2.24) is 20.1 Å². The van der Waals surface area contributed by atoms with Crippen LogP contribution < -0.4 is 5.32 Å². The van der Waals surface area contributed by atoms with Gasteiger partial charge in [-0.15, -0.1) is 0 Å². The van der Waals surface area contributed by atoms with E-state index < -0.39 is 17.4 Å². The fourth-order valence-electron chi connectivity index (χ4n) is 3.28. The van der Waals surface area contributed by atoms with Gasteiger partial charge in [-0.25, -0.2) is 9.67 Å². The second kappa shape index (κ2) is 6.43. The molecule has 2 aromatic heterocycles. The van der Waals surface area contributed by atoms with E-state index in [1.807, 2.05) is 0 Å². The van der Waals surface area contributed by atoms with Crippen LogP contribution in [0.3, 0.4) is 0 Å². The SMILES string of the molecule is CC1(NC(=O)c2cccc(-n3cccn3)n2)CCCCC1C(=O)O. The Balaban J connectivity index is 1.82. The quantitative estimate of drug-likeness (QED) is 0.895. The summed E-state index contributed by atoms with van der Waals surface area (Å²) in [5.41, 5.74) is -0.510. The number of aliphatic carboxylic acids is 1. The molecule has 2 N–H and O–H groups in total. The standard InChI is InChI=1S/C17H20N4O3/c1-17(9-3-2-6-12(17)16(23)24)20-15(22)13-7-4-8-14(19-13)21-11-5-10-18-21/h4-5,7-8,10-12H,2-3,6,9H2,1H3,(H,20,22)(H,23,24). The average Bonchev–Trinajstić information content (AvgIpc) is 3.09. The van der Waals surface area contributed by atoms with Gasteiger partial charge in [-0.1, -0.05) is 18.9 Å². The Kier molecular flexibility index (Phi) is 4.33. The van der Waals surface area contributed by atoms with Gasteiger partial charge in [-0.05, 0) is 38.0 Å². The van der Waals surface area contributed by atoms with Crippen LogP contribution in [0.25, 0.3) is 5.82 Å². The monoisotopic (exact) mass is 328 g/mol. The lowest BCUT2D eigenvalue weighted by molar-refractivity contribution is -0.145. The molecular formula is C17H20N4O3. The van der Waals surface area contributed by atoms with E-state index in [9.17, 15) is 14.7 Å². The maximum atomic E-state index is 12.6. The van der Waals surface area contributed by atoms with E-state index in [1.54, 1.807) is 48.3 Å². The third-order valence-corrected chi connectivity index (χ3v) is 4.61. The van der Waals surface area contributed by atoms with E-state index in [4.69, 9.17) is 0 Å². The fraction of sp³-hybridized carbons (Fsp3) is 0.412. The summed E-state index contributed by atoms with van der Waals surface area (Å²) in [4.78, 5) is 28.5. The summed E-state index contributed by atoms with van der Waals surface area (Å²) in [6.45, 7) is 1.81. The largest absolute Gasteiger partial charge is 0.481 e. The molecule has 1 saturated carbocycles. The van der Waals surface area contributed by atoms with Crippen LogP contribution in [0.5, 0.6) is 0 Å². The highest BCUT2D eigenvalue weighted by Gasteiger charge is 2.42. The zero-order valence-electron chi connectivity index (χ0n) is 13.5. The number of hydrogen-bond acceptors (Lipinski definition) is 4. The third-order valence-electron chi connectivity index (χ3n) is 4.61. The number of nitrogens with zero attached hydrogens (tertiary/aromatic N) is 3. The maximum absolute atomic E-state index is 12.6. The first-order valence-corrected chi connectivity index (χ1v) is 8.02. The molecule has 1 aliphatic carbocycles. The number of hydrogen-bond donors (Lipinski definition) is 2. The molecule has 0 radical (unpaired) electrons. The first-order valence-electron chi connectivity index (χ1n) is 8.02. The molecule has 0 bridgehead atoms. The summed E-state index contributed by atoms with van der Waals surface area (Å²) < 4.78 is 1.57. The van der Waals surface area contributed by atoms with Gasteiger partial charge in [0.15, 0.2) is 5.82 Å². The summed E-state index contributed by atoms with van der Waals surface area (Å²) in [6, 6.07) is 6.88. The van der Waals surface area contributed by atoms with Crippen LogP contribution in [0.15, 0.2) is 36.7 Å². The number of amides is 1. The molecular weight excluding hydrogens is 308 g/mol. The first-order chi connectivity index (χ1) is 11.5. The number of nitrogens with one attached hydrogen (secondary N) is 1. The fourth-order valence-corrected chi connectivity index (χ4v) is 3.28. The number of rotatable bonds is 4. The Morgan fingerprint density at radius 2 is 2.17 bits per heavy atom. The van der Waals surface area contributed by atoms with Gasteiger partial charge < -0.3 is 10.4 Å². The average molecular weight is 328 g/mol. The lowest BCUT2D eigenvalue weighted by Gasteiger charge is -2.39. The molecule has 1 fully saturated rings. The zero-order chi connectivity index (χ0) is 17.2. The Morgan fingerprint density at radius 3 is 2.88 bits per heavy atom. The zero-order valence-corrected chi connectivity index (χ0v) is 13.5. The summed E-state index contributed by atoms with van der Waals surface area (Å²) in [5.74, 6) is -1.27. The van der Waals surface area contributed by atoms with E-state index in [0.29, 0.717) is 18.7 Å². The van der Waals surface area contributed by atoms with E-state index in [1.165, 1.54) is 0 Å². The Morgan fingerprint density at radius 1 is 1.33 bits per heavy atom. The number of carboxylic acids is 1. The second-order valence-corrected chi connectivity index (χ2v) is 6.34. The maximum Gasteiger partial charge on any atom is 0.308 e. The summed E-state index contributed by atoms with van der Waals surface area (Å²) in [7, 11) is 0. The van der Waals surface area contributed by atoms with Crippen molar-refractivity contribution in [1.29, 1.82) is 0 Å². The van der Waals surface area contributed by atoms with Crippen LogP contribution in [0.4, 0.5) is 0 Å². The van der Waals surface area contributed by atoms with E-state index in [0.717, 1.165) is 12.8 Å². The molecule has 7 nitrogen and oxygen atoms in total. The van der Waals surface area contributed by atoms with Gasteiger partial charge >= 0.3 is 5.97 Å². The first kappa shape index (κ1) is 16.2. The Labute approximate surface area is 139 Å². The third kappa shape index (κ3) is 3.15. The summed E-state index contributed by atoms with van der Waals surface area (Å²) in [6.07, 6.45) is 6.38. The van der Waals surface area contributed by atoms with Crippen molar-refractivity contribution in [3.8, 4) is 5.82 Å². The highest BCUT2D eigenvalue weighted by Crippen LogP contribution is 2.34. The van der Waals surface area contributed by atoms with Crippen LogP contribution in [-0.2, 0) is 4.79 Å². The molecule has 3 rings (SSSR count). The van der Waals surface area contributed by atoms with Crippen LogP contribution in [0.1, 0.15) is 43.1 Å².